The molecule has 0 saturated carbocycles. The summed E-state index contributed by atoms with van der Waals surface area (Å²) in [7, 11) is -4.05. The van der Waals surface area contributed by atoms with Crippen molar-refractivity contribution in [3.05, 3.63) is 29.8 Å². The third-order valence-electron chi connectivity index (χ3n) is 2.29. The third kappa shape index (κ3) is 4.92. The minimum Gasteiger partial charge on any atom is -0.481 e. The van der Waals surface area contributed by atoms with E-state index in [2.05, 4.69) is 4.72 Å². The molecule has 0 aliphatic carbocycles. The molecule has 1 aromatic carbocycles. The van der Waals surface area contributed by atoms with E-state index in [-0.39, 0.29) is 13.0 Å². The van der Waals surface area contributed by atoms with Gasteiger partial charge >= 0.3 is 5.97 Å². The number of carboxylic acids is 1. The van der Waals surface area contributed by atoms with Gasteiger partial charge in [-0.2, -0.15) is 0 Å². The van der Waals surface area contributed by atoms with Crippen molar-refractivity contribution in [3.63, 3.8) is 0 Å². The van der Waals surface area contributed by atoms with Crippen molar-refractivity contribution in [3.8, 4) is 0 Å². The molecule has 0 fully saturated rings. The second-order valence-electron chi connectivity index (χ2n) is 3.82. The van der Waals surface area contributed by atoms with E-state index in [1.54, 1.807) is 0 Å². The number of sulfonamides is 1. The van der Waals surface area contributed by atoms with E-state index in [0.717, 1.165) is 12.1 Å². The van der Waals surface area contributed by atoms with E-state index in [1.807, 2.05) is 0 Å². The second-order valence-corrected chi connectivity index (χ2v) is 5.56. The molecule has 0 heterocycles. The van der Waals surface area contributed by atoms with E-state index in [9.17, 15) is 22.0 Å². The first-order valence-corrected chi connectivity index (χ1v) is 6.98. The Morgan fingerprint density at radius 2 is 1.95 bits per heavy atom. The Hall–Kier alpha value is -1.54. The van der Waals surface area contributed by atoms with Gasteiger partial charge in [0.05, 0.1) is 0 Å². The zero-order valence-electron chi connectivity index (χ0n) is 9.90. The quantitative estimate of drug-likeness (QED) is 0.746. The molecule has 0 aliphatic rings. The highest BCUT2D eigenvalue weighted by molar-refractivity contribution is 7.89. The molecule has 5 nitrogen and oxygen atoms in total. The Morgan fingerprint density at radius 3 is 2.53 bits per heavy atom. The Morgan fingerprint density at radius 1 is 1.26 bits per heavy atom. The van der Waals surface area contributed by atoms with Crippen LogP contribution in [-0.2, 0) is 14.8 Å². The summed E-state index contributed by atoms with van der Waals surface area (Å²) in [4.78, 5) is 9.60. The SMILES string of the molecule is O=C(O)CCCCNS(=O)(=O)c1ccc(F)cc1F. The fraction of sp³-hybridized carbons (Fsp3) is 0.364. The number of hydrogen-bond donors (Lipinski definition) is 2. The predicted octanol–water partition coefficient (Wildman–Crippen LogP) is 1.50. The largest absolute Gasteiger partial charge is 0.481 e. The minimum atomic E-state index is -4.05. The van der Waals surface area contributed by atoms with Crippen LogP contribution in [0.15, 0.2) is 23.1 Å². The van der Waals surface area contributed by atoms with E-state index >= 15 is 0 Å². The predicted molar refractivity (Wildman–Crippen MR) is 63.0 cm³/mol. The van der Waals surface area contributed by atoms with E-state index in [0.29, 0.717) is 18.9 Å². The van der Waals surface area contributed by atoms with Gasteiger partial charge in [-0.1, -0.05) is 0 Å². The van der Waals surface area contributed by atoms with Gasteiger partial charge in [0.25, 0.3) is 0 Å². The van der Waals surface area contributed by atoms with Crippen LogP contribution in [0.25, 0.3) is 0 Å². The number of hydrogen-bond acceptors (Lipinski definition) is 3. The highest BCUT2D eigenvalue weighted by atomic mass is 32.2. The molecule has 0 amide bonds. The molecule has 2 N–H and O–H groups in total. The molecule has 0 aromatic heterocycles. The molecule has 19 heavy (non-hydrogen) atoms. The van der Waals surface area contributed by atoms with Gasteiger partial charge in [0, 0.05) is 19.0 Å². The normalized spacial score (nSPS) is 11.5. The molecule has 8 heteroatoms. The fourth-order valence-electron chi connectivity index (χ4n) is 1.38. The van der Waals surface area contributed by atoms with Crippen molar-refractivity contribution >= 4 is 16.0 Å². The lowest BCUT2D eigenvalue weighted by Crippen LogP contribution is -2.25. The minimum absolute atomic E-state index is 0.00751. The summed E-state index contributed by atoms with van der Waals surface area (Å²) < 4.78 is 51.4. The number of carbonyl (C=O) groups is 1. The molecule has 0 bridgehead atoms. The van der Waals surface area contributed by atoms with Crippen LogP contribution in [0.3, 0.4) is 0 Å². The van der Waals surface area contributed by atoms with Gasteiger partial charge in [-0.05, 0) is 25.0 Å². The number of benzene rings is 1. The number of unbranched alkanes of at least 4 members (excludes halogenated alkanes) is 1. The summed E-state index contributed by atoms with van der Waals surface area (Å²) in [6, 6.07) is 2.17. The van der Waals surface area contributed by atoms with Crippen LogP contribution in [0.1, 0.15) is 19.3 Å². The molecule has 0 atom stereocenters. The van der Waals surface area contributed by atoms with E-state index < -0.39 is 32.5 Å². The van der Waals surface area contributed by atoms with Crippen molar-refractivity contribution < 1.29 is 27.1 Å². The Labute approximate surface area is 109 Å². The van der Waals surface area contributed by atoms with Gasteiger partial charge < -0.3 is 5.11 Å². The first-order chi connectivity index (χ1) is 8.83. The third-order valence-corrected chi connectivity index (χ3v) is 3.79. The average Bonchev–Trinajstić information content (AvgIpc) is 2.27. The number of aliphatic carboxylic acids is 1. The number of halogens is 2. The van der Waals surface area contributed by atoms with Crippen molar-refractivity contribution in [2.24, 2.45) is 0 Å². The van der Waals surface area contributed by atoms with Gasteiger partial charge in [0.1, 0.15) is 16.5 Å². The summed E-state index contributed by atoms with van der Waals surface area (Å²) in [6.07, 6.45) is 0.560. The molecule has 0 spiro atoms. The van der Waals surface area contributed by atoms with E-state index in [4.69, 9.17) is 5.11 Å². The van der Waals surface area contributed by atoms with Crippen LogP contribution in [0.2, 0.25) is 0 Å². The Kier molecular flexibility index (Phi) is 5.37. The smallest absolute Gasteiger partial charge is 0.303 e. The second kappa shape index (κ2) is 6.58. The maximum atomic E-state index is 13.3. The van der Waals surface area contributed by atoms with Crippen molar-refractivity contribution in [1.29, 1.82) is 0 Å². The van der Waals surface area contributed by atoms with Crippen LogP contribution in [0.5, 0.6) is 0 Å². The molecule has 1 aromatic rings. The van der Waals surface area contributed by atoms with Crippen LogP contribution in [0, 0.1) is 11.6 Å². The summed E-state index contributed by atoms with van der Waals surface area (Å²) in [5.41, 5.74) is 0. The first-order valence-electron chi connectivity index (χ1n) is 5.49. The number of carboxylic acid groups (broad SMARTS) is 1. The van der Waals surface area contributed by atoms with Crippen LogP contribution in [0.4, 0.5) is 8.78 Å². The van der Waals surface area contributed by atoms with Gasteiger partial charge in [0.15, 0.2) is 0 Å². The molecule has 0 radical (unpaired) electrons. The average molecular weight is 293 g/mol. The molecular weight excluding hydrogens is 280 g/mol. The van der Waals surface area contributed by atoms with Crippen molar-refractivity contribution in [2.45, 2.75) is 24.2 Å². The maximum Gasteiger partial charge on any atom is 0.303 e. The highest BCUT2D eigenvalue weighted by Crippen LogP contribution is 2.15. The number of rotatable bonds is 7. The summed E-state index contributed by atoms with van der Waals surface area (Å²) in [5.74, 6) is -3.00. The first kappa shape index (κ1) is 15.5. The topological polar surface area (TPSA) is 83.5 Å². The maximum absolute atomic E-state index is 13.3. The lowest BCUT2D eigenvalue weighted by Gasteiger charge is -2.07. The monoisotopic (exact) mass is 293 g/mol. The zero-order chi connectivity index (χ0) is 14.5. The lowest BCUT2D eigenvalue weighted by molar-refractivity contribution is -0.137. The summed E-state index contributed by atoms with van der Waals surface area (Å²) >= 11 is 0. The molecule has 0 unspecified atom stereocenters. The fourth-order valence-corrected chi connectivity index (χ4v) is 2.51. The highest BCUT2D eigenvalue weighted by Gasteiger charge is 2.18. The van der Waals surface area contributed by atoms with Crippen molar-refractivity contribution in [2.75, 3.05) is 6.54 Å². The molecule has 106 valence electrons. The lowest BCUT2D eigenvalue weighted by atomic mass is 10.2. The van der Waals surface area contributed by atoms with Crippen molar-refractivity contribution in [1.82, 2.24) is 4.72 Å². The standard InChI is InChI=1S/C11H13F2NO4S/c12-8-4-5-10(9(13)7-8)19(17,18)14-6-2-1-3-11(15)16/h4-5,7,14H,1-3,6H2,(H,15,16). The summed E-state index contributed by atoms with van der Waals surface area (Å²) in [6.45, 7) is -0.00751. The van der Waals surface area contributed by atoms with Gasteiger partial charge in [0.2, 0.25) is 10.0 Å². The molecule has 0 aliphatic heterocycles. The van der Waals surface area contributed by atoms with E-state index in [1.165, 1.54) is 0 Å². The number of nitrogens with one attached hydrogen (secondary N) is 1. The summed E-state index contributed by atoms with van der Waals surface area (Å²) in [5, 5.41) is 8.39. The molecule has 1 rings (SSSR count). The van der Waals surface area contributed by atoms with Crippen LogP contribution in [-0.4, -0.2) is 26.0 Å². The molecular formula is C11H13F2NO4S. The zero-order valence-corrected chi connectivity index (χ0v) is 10.7. The Bertz CT molecular complexity index is 560. The van der Waals surface area contributed by atoms with Crippen LogP contribution < -0.4 is 4.72 Å². The van der Waals surface area contributed by atoms with Gasteiger partial charge in [-0.3, -0.25) is 4.79 Å². The van der Waals surface area contributed by atoms with Gasteiger partial charge in [-0.15, -0.1) is 0 Å². The Balaban J connectivity index is 2.59. The van der Waals surface area contributed by atoms with Crippen LogP contribution >= 0.6 is 0 Å². The van der Waals surface area contributed by atoms with Gasteiger partial charge in [-0.25, -0.2) is 21.9 Å². The molecule has 0 saturated heterocycles.